The van der Waals surface area contributed by atoms with Crippen LogP contribution in [0.15, 0.2) is 122 Å². The number of nitrogens with one attached hydrogen (secondary N) is 1. The molecule has 19 heteroatoms. The predicted octanol–water partition coefficient (Wildman–Crippen LogP) is 17.0. The number of allylic oxidation sites excluding steroid dienone is 20. The quantitative estimate of drug-likeness (QED) is 0.0199. The summed E-state index contributed by atoms with van der Waals surface area (Å²) >= 11 is 0. The zero-order valence-corrected chi connectivity index (χ0v) is 69.6. The van der Waals surface area contributed by atoms with Gasteiger partial charge >= 0.3 is 0 Å². The summed E-state index contributed by atoms with van der Waals surface area (Å²) < 4.78 is 34.6. The van der Waals surface area contributed by atoms with Gasteiger partial charge in [0.2, 0.25) is 5.91 Å². The number of ether oxygens (including phenoxy) is 6. The minimum atomic E-state index is -1.98. The van der Waals surface area contributed by atoms with E-state index in [4.69, 9.17) is 28.4 Å². The van der Waals surface area contributed by atoms with Gasteiger partial charge in [-0.05, 0) is 89.9 Å². The molecule has 3 rings (SSSR count). The van der Waals surface area contributed by atoms with E-state index in [0.29, 0.717) is 12.8 Å². The third-order valence-corrected chi connectivity index (χ3v) is 21.6. The van der Waals surface area contributed by atoms with E-state index in [0.717, 1.165) is 116 Å². The fourth-order valence-electron chi connectivity index (χ4n) is 14.5. The first-order valence-corrected chi connectivity index (χ1v) is 44.8. The second-order valence-electron chi connectivity index (χ2n) is 31.3. The molecule has 3 fully saturated rings. The second-order valence-corrected chi connectivity index (χ2v) is 31.3. The summed E-state index contributed by atoms with van der Waals surface area (Å²) in [6.07, 6.45) is 74.4. The zero-order valence-electron chi connectivity index (χ0n) is 69.6. The minimum Gasteiger partial charge on any atom is -0.394 e. The van der Waals surface area contributed by atoms with Crippen molar-refractivity contribution in [3.63, 3.8) is 0 Å². The number of rotatable bonds is 71. The first-order valence-electron chi connectivity index (χ1n) is 44.8. The van der Waals surface area contributed by atoms with Crippen molar-refractivity contribution in [3.8, 4) is 0 Å². The van der Waals surface area contributed by atoms with Crippen molar-refractivity contribution in [3.05, 3.63) is 122 Å². The first kappa shape index (κ1) is 102. The molecular weight excluding hydrogens is 1420 g/mol. The van der Waals surface area contributed by atoms with Crippen molar-refractivity contribution in [1.82, 2.24) is 5.32 Å². The molecule has 0 aliphatic carbocycles. The molecule has 1 amide bonds. The van der Waals surface area contributed by atoms with E-state index in [-0.39, 0.29) is 18.9 Å². The summed E-state index contributed by atoms with van der Waals surface area (Å²) in [4.78, 5) is 13.5. The standard InChI is InChI=1S/C93H161NO18/c1-3-5-7-9-11-13-15-17-19-21-23-25-27-29-31-33-35-37-38-39-41-43-45-47-49-51-53-55-57-59-61-63-65-67-69-71-81(99)94-76(77(98)70-68-66-64-62-60-58-56-54-52-50-48-46-44-42-40-36-34-32-30-28-26-24-22-20-18-16-14-12-10-8-6-4-2)75-107-91-87(105)84(102)89(79(73-96)109-91)112-93-88(106)85(103)90(80(74-97)110-93)111-92-86(104)83(101)82(100)78(72-95)108-92/h5,7,11,13,17,19,23,25,29,31,35,37,39,41,45,47,51,53,57,59,76-80,82-93,95-98,100-106H,3-4,6,8-10,12,14-16,18,20-22,24,26-28,30,32-34,36,38,40,42-44,46,48-50,52,54-56,58,60-75H2,1-2H3,(H,94,99)/b7-5-,13-11-,19-17-,25-23-,31-29-,37-35-,41-39-,47-45-,53-51-,59-57-. The third kappa shape index (κ3) is 49.4. The second kappa shape index (κ2) is 71.3. The molecule has 3 aliphatic heterocycles. The van der Waals surface area contributed by atoms with Crippen LogP contribution in [0.25, 0.3) is 0 Å². The van der Waals surface area contributed by atoms with Gasteiger partial charge in [0.25, 0.3) is 0 Å². The largest absolute Gasteiger partial charge is 0.394 e. The van der Waals surface area contributed by atoms with Crippen LogP contribution in [-0.2, 0) is 33.2 Å². The molecule has 0 spiro atoms. The lowest BCUT2D eigenvalue weighted by atomic mass is 9.96. The Morgan fingerprint density at radius 1 is 0.330 bits per heavy atom. The van der Waals surface area contributed by atoms with Gasteiger partial charge in [0.1, 0.15) is 73.2 Å². The predicted molar refractivity (Wildman–Crippen MR) is 452 cm³/mol. The van der Waals surface area contributed by atoms with Crippen molar-refractivity contribution in [2.45, 2.75) is 433 Å². The average molecular weight is 1580 g/mol. The van der Waals surface area contributed by atoms with E-state index < -0.39 is 124 Å². The summed E-state index contributed by atoms with van der Waals surface area (Å²) in [7, 11) is 0. The Hall–Kier alpha value is -3.81. The maximum atomic E-state index is 13.5. The molecule has 112 heavy (non-hydrogen) atoms. The average Bonchev–Trinajstić information content (AvgIpc) is 0.782. The molecule has 0 aromatic carbocycles. The van der Waals surface area contributed by atoms with Crippen LogP contribution in [0, 0.1) is 0 Å². The van der Waals surface area contributed by atoms with Crippen molar-refractivity contribution >= 4 is 5.91 Å². The number of unbranched alkanes of at least 4 members (excludes halogenated alkanes) is 35. The van der Waals surface area contributed by atoms with Crippen molar-refractivity contribution in [2.24, 2.45) is 0 Å². The normalized spacial score (nSPS) is 25.5. The van der Waals surface area contributed by atoms with Crippen LogP contribution in [0.5, 0.6) is 0 Å². The molecule has 0 aromatic heterocycles. The van der Waals surface area contributed by atoms with Gasteiger partial charge in [0.15, 0.2) is 18.9 Å². The monoisotopic (exact) mass is 1580 g/mol. The number of amides is 1. The lowest BCUT2D eigenvalue weighted by Gasteiger charge is -2.48. The Morgan fingerprint density at radius 3 is 0.964 bits per heavy atom. The zero-order chi connectivity index (χ0) is 81.0. The Labute approximate surface area is 678 Å². The Balaban J connectivity index is 1.35. The van der Waals surface area contributed by atoms with Gasteiger partial charge in [0.05, 0.1) is 38.6 Å². The lowest BCUT2D eigenvalue weighted by Crippen LogP contribution is -2.66. The fourth-order valence-corrected chi connectivity index (χ4v) is 14.5. The van der Waals surface area contributed by atoms with Gasteiger partial charge in [-0.2, -0.15) is 0 Å². The highest BCUT2D eigenvalue weighted by Crippen LogP contribution is 2.33. The summed E-state index contributed by atoms with van der Waals surface area (Å²) in [5.41, 5.74) is 0. The molecule has 3 aliphatic rings. The molecule has 646 valence electrons. The van der Waals surface area contributed by atoms with Crippen LogP contribution in [0.1, 0.15) is 328 Å². The third-order valence-electron chi connectivity index (χ3n) is 21.6. The highest BCUT2D eigenvalue weighted by atomic mass is 16.8. The molecule has 3 saturated heterocycles. The number of hydrogen-bond donors (Lipinski definition) is 12. The van der Waals surface area contributed by atoms with E-state index in [2.05, 4.69) is 141 Å². The van der Waals surface area contributed by atoms with E-state index >= 15 is 0 Å². The Bertz CT molecular complexity index is 2500. The summed E-state index contributed by atoms with van der Waals surface area (Å²) in [6, 6.07) is -0.913. The molecule has 19 nitrogen and oxygen atoms in total. The molecule has 0 radical (unpaired) electrons. The van der Waals surface area contributed by atoms with Gasteiger partial charge < -0.3 is 89.9 Å². The summed E-state index contributed by atoms with van der Waals surface area (Å²) in [6.45, 7) is 1.70. The molecular formula is C93H161NO18. The number of carbonyl (C=O) groups is 1. The van der Waals surface area contributed by atoms with Crippen LogP contribution >= 0.6 is 0 Å². The van der Waals surface area contributed by atoms with Gasteiger partial charge in [-0.3, -0.25) is 4.79 Å². The van der Waals surface area contributed by atoms with Crippen molar-refractivity contribution in [2.75, 3.05) is 26.4 Å². The van der Waals surface area contributed by atoms with E-state index in [1.54, 1.807) is 0 Å². The molecule has 0 aromatic rings. The van der Waals surface area contributed by atoms with E-state index in [1.807, 2.05) is 0 Å². The van der Waals surface area contributed by atoms with Gasteiger partial charge in [-0.15, -0.1) is 0 Å². The minimum absolute atomic E-state index is 0.229. The summed E-state index contributed by atoms with van der Waals surface area (Å²) in [5.74, 6) is -0.268. The van der Waals surface area contributed by atoms with Crippen LogP contribution < -0.4 is 5.32 Å². The SMILES string of the molecule is CC/C=C\C/C=C\C/C=C\C/C=C\C/C=C\C/C=C\C/C=C\C/C=C\C/C=C\C/C=C\CCCCCCC(=O)NC(COC1OC(CO)C(OC2OC(CO)C(OC3OC(CO)C(O)C(O)C3O)C(O)C2O)C(O)C1O)C(O)CCCCCCCCCCCCCCCCCCCCCCCCCCCCCCCCCC. The van der Waals surface area contributed by atoms with Crippen LogP contribution in [0.3, 0.4) is 0 Å². The molecule has 17 atom stereocenters. The summed E-state index contributed by atoms with van der Waals surface area (Å²) in [5, 5.41) is 121. The van der Waals surface area contributed by atoms with Crippen molar-refractivity contribution < 1.29 is 89.4 Å². The molecule has 0 saturated carbocycles. The maximum absolute atomic E-state index is 13.5. The fraction of sp³-hybridized carbons (Fsp3) is 0.774. The highest BCUT2D eigenvalue weighted by Gasteiger charge is 2.54. The van der Waals surface area contributed by atoms with Gasteiger partial charge in [-0.25, -0.2) is 0 Å². The first-order chi connectivity index (χ1) is 54.8. The highest BCUT2D eigenvalue weighted by molar-refractivity contribution is 5.76. The van der Waals surface area contributed by atoms with Crippen LogP contribution in [-0.4, -0.2) is 193 Å². The topological polar surface area (TPSA) is 307 Å². The van der Waals surface area contributed by atoms with E-state index in [1.165, 1.54) is 180 Å². The molecule has 12 N–H and O–H groups in total. The smallest absolute Gasteiger partial charge is 0.220 e. The van der Waals surface area contributed by atoms with Crippen LogP contribution in [0.2, 0.25) is 0 Å². The van der Waals surface area contributed by atoms with Gasteiger partial charge in [0, 0.05) is 6.42 Å². The number of carbonyl (C=O) groups excluding carboxylic acids is 1. The van der Waals surface area contributed by atoms with Gasteiger partial charge in [-0.1, -0.05) is 354 Å². The number of aliphatic hydroxyl groups is 11. The van der Waals surface area contributed by atoms with E-state index in [9.17, 15) is 61.0 Å². The molecule has 17 unspecified atom stereocenters. The van der Waals surface area contributed by atoms with Crippen LogP contribution in [0.4, 0.5) is 0 Å². The lowest BCUT2D eigenvalue weighted by molar-refractivity contribution is -0.379. The Kier molecular flexibility index (Phi) is 65.2. The molecule has 0 bridgehead atoms. The molecule has 3 heterocycles. The van der Waals surface area contributed by atoms with Crippen molar-refractivity contribution in [1.29, 1.82) is 0 Å². The number of aliphatic hydroxyl groups excluding tert-OH is 11. The maximum Gasteiger partial charge on any atom is 0.220 e. The Morgan fingerprint density at radius 2 is 0.616 bits per heavy atom. The number of hydrogen-bond acceptors (Lipinski definition) is 18.